The lowest BCUT2D eigenvalue weighted by molar-refractivity contribution is 0.151. The molecule has 0 aromatic heterocycles. The van der Waals surface area contributed by atoms with Crippen LogP contribution >= 0.6 is 0 Å². The molecule has 0 atom stereocenters. The van der Waals surface area contributed by atoms with Crippen molar-refractivity contribution in [1.82, 2.24) is 0 Å². The molecule has 2 rings (SSSR count). The van der Waals surface area contributed by atoms with Crippen LogP contribution in [0.1, 0.15) is 96.8 Å². The van der Waals surface area contributed by atoms with Gasteiger partial charge in [0.15, 0.2) is 0 Å². The van der Waals surface area contributed by atoms with E-state index in [0.29, 0.717) is 0 Å². The Bertz CT molecular complexity index is 426. The first-order valence-electron chi connectivity index (χ1n) is 11.1. The fourth-order valence-electron chi connectivity index (χ4n) is 5.11. The van der Waals surface area contributed by atoms with Crippen LogP contribution in [0.3, 0.4) is 0 Å². The molecule has 2 saturated carbocycles. The van der Waals surface area contributed by atoms with E-state index < -0.39 is 0 Å². The molecule has 0 amide bonds. The van der Waals surface area contributed by atoms with Crippen molar-refractivity contribution in [2.24, 2.45) is 23.7 Å². The zero-order valence-corrected chi connectivity index (χ0v) is 16.5. The van der Waals surface area contributed by atoms with Gasteiger partial charge in [-0.3, -0.25) is 0 Å². The summed E-state index contributed by atoms with van der Waals surface area (Å²) in [5, 5.41) is 8.51. The minimum atomic E-state index is 0.749. The molecule has 0 spiro atoms. The summed E-state index contributed by atoms with van der Waals surface area (Å²) in [6, 6.07) is 2.05. The van der Waals surface area contributed by atoms with Crippen LogP contribution in [0.2, 0.25) is 0 Å². The van der Waals surface area contributed by atoms with Gasteiger partial charge >= 0.3 is 0 Å². The first-order chi connectivity index (χ1) is 12.3. The van der Waals surface area contributed by atoms with Gasteiger partial charge in [0, 0.05) is 6.08 Å². The van der Waals surface area contributed by atoms with Crippen molar-refractivity contribution in [2.45, 2.75) is 96.8 Å². The largest absolute Gasteiger partial charge is 0.193 e. The third kappa shape index (κ3) is 7.81. The normalized spacial score (nSPS) is 30.7. The summed E-state index contributed by atoms with van der Waals surface area (Å²) in [4.78, 5) is 0. The second-order valence-corrected chi connectivity index (χ2v) is 8.53. The molecule has 1 heteroatoms. The Balaban J connectivity index is 1.58. The third-order valence-electron chi connectivity index (χ3n) is 6.76. The summed E-state index contributed by atoms with van der Waals surface area (Å²) in [6.07, 6.45) is 28.1. The molecule has 0 aliphatic heterocycles. The highest BCUT2D eigenvalue weighted by molar-refractivity contribution is 5.12. The lowest BCUT2D eigenvalue weighted by Crippen LogP contribution is -2.25. The zero-order chi connectivity index (χ0) is 17.7. The van der Waals surface area contributed by atoms with Gasteiger partial charge in [-0.2, -0.15) is 5.26 Å². The maximum absolute atomic E-state index is 8.51. The van der Waals surface area contributed by atoms with E-state index in [1.165, 1.54) is 89.9 Å². The van der Waals surface area contributed by atoms with Crippen LogP contribution in [0.15, 0.2) is 24.3 Å². The van der Waals surface area contributed by atoms with E-state index in [4.69, 9.17) is 5.26 Å². The first-order valence-corrected chi connectivity index (χ1v) is 11.1. The van der Waals surface area contributed by atoms with Crippen molar-refractivity contribution in [3.63, 3.8) is 0 Å². The second-order valence-electron chi connectivity index (χ2n) is 8.53. The molecule has 0 N–H and O–H groups in total. The lowest BCUT2D eigenvalue weighted by atomic mass is 9.68. The summed E-state index contributed by atoms with van der Waals surface area (Å²) < 4.78 is 0. The smallest absolute Gasteiger partial charge is 0.0912 e. The number of nitriles is 1. The van der Waals surface area contributed by atoms with Crippen LogP contribution in [-0.2, 0) is 0 Å². The molecule has 2 aliphatic rings. The fraction of sp³-hybridized carbons (Fsp3) is 0.792. The van der Waals surface area contributed by atoms with Gasteiger partial charge in [-0.25, -0.2) is 0 Å². The maximum atomic E-state index is 8.51. The first kappa shape index (κ1) is 20.3. The molecule has 140 valence electrons. The Hall–Kier alpha value is -1.03. The van der Waals surface area contributed by atoms with E-state index >= 15 is 0 Å². The van der Waals surface area contributed by atoms with Crippen LogP contribution in [0.25, 0.3) is 0 Å². The quantitative estimate of drug-likeness (QED) is 0.241. The summed E-state index contributed by atoms with van der Waals surface area (Å²) in [6.45, 7) is 2.30. The molecule has 0 heterocycles. The highest BCUT2D eigenvalue weighted by Crippen LogP contribution is 2.42. The average Bonchev–Trinajstić information content (AvgIpc) is 2.66. The number of nitrogens with zero attached hydrogens (tertiary/aromatic N) is 1. The Labute approximate surface area is 156 Å². The molecule has 25 heavy (non-hydrogen) atoms. The molecule has 1 nitrogen and oxygen atoms in total. The Kier molecular flexibility index (Phi) is 10.0. The number of unbranched alkanes of at least 4 members (excludes halogenated alkanes) is 4. The Morgan fingerprint density at radius 1 is 0.800 bits per heavy atom. The summed E-state index contributed by atoms with van der Waals surface area (Å²) in [7, 11) is 0. The highest BCUT2D eigenvalue weighted by atomic mass is 14.4. The third-order valence-corrected chi connectivity index (χ3v) is 6.76. The van der Waals surface area contributed by atoms with Gasteiger partial charge in [0.2, 0.25) is 0 Å². The van der Waals surface area contributed by atoms with Gasteiger partial charge in [0.1, 0.15) is 0 Å². The summed E-state index contributed by atoms with van der Waals surface area (Å²) >= 11 is 0. The highest BCUT2D eigenvalue weighted by Gasteiger charge is 2.30. The van der Waals surface area contributed by atoms with Crippen molar-refractivity contribution in [2.75, 3.05) is 0 Å². The van der Waals surface area contributed by atoms with Crippen molar-refractivity contribution in [3.05, 3.63) is 24.3 Å². The molecule has 0 saturated heterocycles. The minimum absolute atomic E-state index is 0.749. The molecular weight excluding hydrogens is 302 g/mol. The monoisotopic (exact) mass is 341 g/mol. The van der Waals surface area contributed by atoms with Crippen molar-refractivity contribution >= 4 is 0 Å². The van der Waals surface area contributed by atoms with Crippen molar-refractivity contribution in [3.8, 4) is 6.07 Å². The number of allylic oxidation sites excluding steroid dienone is 4. The summed E-state index contributed by atoms with van der Waals surface area (Å²) in [5.74, 6) is 3.83. The van der Waals surface area contributed by atoms with E-state index in [2.05, 4.69) is 19.1 Å². The molecule has 2 fully saturated rings. The van der Waals surface area contributed by atoms with Gasteiger partial charge in [0.25, 0.3) is 0 Å². The molecule has 0 unspecified atom stereocenters. The van der Waals surface area contributed by atoms with Gasteiger partial charge in [-0.05, 0) is 62.2 Å². The van der Waals surface area contributed by atoms with Crippen LogP contribution in [0.5, 0.6) is 0 Å². The minimum Gasteiger partial charge on any atom is -0.193 e. The number of rotatable bonds is 9. The van der Waals surface area contributed by atoms with Crippen LogP contribution < -0.4 is 0 Å². The van der Waals surface area contributed by atoms with E-state index in [0.717, 1.165) is 23.7 Å². The predicted octanol–water partition coefficient (Wildman–Crippen LogP) is 7.60. The SMILES string of the molecule is CCCCCCCC1CCC(C2CCC(C=CC=CC#N)CC2)CC1. The van der Waals surface area contributed by atoms with E-state index in [1.54, 1.807) is 6.08 Å². The molecule has 2 aliphatic carbocycles. The molecule has 0 aromatic rings. The van der Waals surface area contributed by atoms with E-state index in [-0.39, 0.29) is 0 Å². The fourth-order valence-corrected chi connectivity index (χ4v) is 5.11. The lowest BCUT2D eigenvalue weighted by Gasteiger charge is -2.37. The van der Waals surface area contributed by atoms with Crippen LogP contribution in [-0.4, -0.2) is 0 Å². The van der Waals surface area contributed by atoms with Crippen LogP contribution in [0, 0.1) is 35.0 Å². The predicted molar refractivity (Wildman–Crippen MR) is 108 cm³/mol. The van der Waals surface area contributed by atoms with Gasteiger partial charge in [0.05, 0.1) is 6.07 Å². The molecular formula is C24H39N. The van der Waals surface area contributed by atoms with Gasteiger partial charge in [-0.15, -0.1) is 0 Å². The summed E-state index contributed by atoms with van der Waals surface area (Å²) in [5.41, 5.74) is 0. The molecule has 0 bridgehead atoms. The number of hydrogen-bond acceptors (Lipinski definition) is 1. The van der Waals surface area contributed by atoms with Gasteiger partial charge < -0.3 is 0 Å². The standard InChI is InChI=1S/C24H39N/c1-2-3-4-5-7-10-21-12-16-23(17-13-21)24-18-14-22(15-19-24)11-8-6-9-20-25/h6,8-9,11,21-24H,2-5,7,10,12-19H2,1H3. The number of hydrogen-bond donors (Lipinski definition) is 0. The van der Waals surface area contributed by atoms with Crippen molar-refractivity contribution < 1.29 is 0 Å². The Morgan fingerprint density at radius 2 is 1.44 bits per heavy atom. The average molecular weight is 342 g/mol. The van der Waals surface area contributed by atoms with Gasteiger partial charge in [-0.1, -0.05) is 76.5 Å². The van der Waals surface area contributed by atoms with Crippen molar-refractivity contribution in [1.29, 1.82) is 5.26 Å². The Morgan fingerprint density at radius 3 is 2.08 bits per heavy atom. The van der Waals surface area contributed by atoms with Crippen LogP contribution in [0.4, 0.5) is 0 Å². The molecule has 0 radical (unpaired) electrons. The second kappa shape index (κ2) is 12.3. The maximum Gasteiger partial charge on any atom is 0.0912 e. The molecule has 0 aromatic carbocycles. The zero-order valence-electron chi connectivity index (χ0n) is 16.5. The topological polar surface area (TPSA) is 23.8 Å². The van der Waals surface area contributed by atoms with E-state index in [1.807, 2.05) is 12.1 Å². The van der Waals surface area contributed by atoms with E-state index in [9.17, 15) is 0 Å².